The van der Waals surface area contributed by atoms with Crippen LogP contribution in [0, 0.1) is 0 Å². The van der Waals surface area contributed by atoms with Crippen LogP contribution >= 0.6 is 0 Å². The average Bonchev–Trinajstić information content (AvgIpc) is 2.26. The summed E-state index contributed by atoms with van der Waals surface area (Å²) in [5.74, 6) is 0.798. The molecule has 0 fully saturated rings. The second kappa shape index (κ2) is 6.16. The van der Waals surface area contributed by atoms with Gasteiger partial charge in [-0.3, -0.25) is 0 Å². The zero-order valence-electron chi connectivity index (χ0n) is 11.8. The number of rotatable bonds is 6. The molecule has 0 bridgehead atoms. The molecule has 4 nitrogen and oxygen atoms in total. The first kappa shape index (κ1) is 14.9. The van der Waals surface area contributed by atoms with E-state index >= 15 is 0 Å². The molecular weight excluding hydrogens is 228 g/mol. The van der Waals surface area contributed by atoms with Gasteiger partial charge in [-0.15, -0.1) is 0 Å². The van der Waals surface area contributed by atoms with E-state index in [9.17, 15) is 10.2 Å². The summed E-state index contributed by atoms with van der Waals surface area (Å²) >= 11 is 0. The molecule has 0 aliphatic carbocycles. The van der Waals surface area contributed by atoms with Gasteiger partial charge in [0, 0.05) is 19.3 Å². The van der Waals surface area contributed by atoms with Crippen molar-refractivity contribution in [2.24, 2.45) is 0 Å². The van der Waals surface area contributed by atoms with Gasteiger partial charge < -0.3 is 15.1 Å². The van der Waals surface area contributed by atoms with Crippen LogP contribution in [-0.4, -0.2) is 34.4 Å². The second-order valence-electron chi connectivity index (χ2n) is 5.40. The van der Waals surface area contributed by atoms with Gasteiger partial charge in [0.2, 0.25) is 0 Å². The average molecular weight is 252 g/mol. The van der Waals surface area contributed by atoms with Gasteiger partial charge in [-0.2, -0.15) is 0 Å². The summed E-state index contributed by atoms with van der Waals surface area (Å²) in [5.41, 5.74) is 1.09. The number of likely N-dealkylation sites (N-methyl/N-ethyl adjacent to an activating group) is 1. The Hall–Kier alpha value is -1.13. The number of hydrogen-bond donors (Lipinski definition) is 2. The fourth-order valence-electron chi connectivity index (χ4n) is 1.97. The number of pyridine rings is 1. The molecular formula is C14H24N2O2. The maximum absolute atomic E-state index is 9.83. The highest BCUT2D eigenvalue weighted by Gasteiger charge is 2.17. The van der Waals surface area contributed by atoms with Gasteiger partial charge in [0.25, 0.3) is 0 Å². The molecule has 0 saturated heterocycles. The van der Waals surface area contributed by atoms with E-state index in [-0.39, 0.29) is 6.61 Å². The molecule has 1 aromatic rings. The third-order valence-electron chi connectivity index (χ3n) is 2.63. The molecule has 0 radical (unpaired) electrons. The molecule has 0 unspecified atom stereocenters. The summed E-state index contributed by atoms with van der Waals surface area (Å²) in [6.45, 7) is 6.16. The zero-order valence-corrected chi connectivity index (χ0v) is 11.8. The van der Waals surface area contributed by atoms with Crippen LogP contribution in [0.2, 0.25) is 0 Å². The molecule has 1 heterocycles. The number of aliphatic hydroxyl groups is 2. The fraction of sp³-hybridized carbons (Fsp3) is 0.643. The van der Waals surface area contributed by atoms with Crippen molar-refractivity contribution in [1.29, 1.82) is 0 Å². The van der Waals surface area contributed by atoms with Crippen molar-refractivity contribution in [2.45, 2.75) is 45.8 Å². The standard InChI is InChI=1S/C14H24N2O2/c1-5-6-12-7-11(9-17)8-13(15-12)16(4)10-14(2,3)18/h7-8,17-18H,5-6,9-10H2,1-4H3. The number of hydrogen-bond acceptors (Lipinski definition) is 4. The predicted molar refractivity (Wildman–Crippen MR) is 73.7 cm³/mol. The van der Waals surface area contributed by atoms with Gasteiger partial charge >= 0.3 is 0 Å². The predicted octanol–water partition coefficient (Wildman–Crippen LogP) is 1.73. The van der Waals surface area contributed by atoms with Crippen LogP contribution in [0.4, 0.5) is 5.82 Å². The molecule has 0 atom stereocenters. The lowest BCUT2D eigenvalue weighted by Crippen LogP contribution is -2.36. The first-order chi connectivity index (χ1) is 8.35. The second-order valence-corrected chi connectivity index (χ2v) is 5.40. The highest BCUT2D eigenvalue weighted by Crippen LogP contribution is 2.17. The summed E-state index contributed by atoms with van der Waals surface area (Å²) in [6, 6.07) is 3.80. The van der Waals surface area contributed by atoms with Crippen LogP contribution in [0.3, 0.4) is 0 Å². The smallest absolute Gasteiger partial charge is 0.128 e. The normalized spacial score (nSPS) is 11.7. The molecule has 0 amide bonds. The van der Waals surface area contributed by atoms with Crippen LogP contribution in [0.5, 0.6) is 0 Å². The minimum Gasteiger partial charge on any atom is -0.392 e. The van der Waals surface area contributed by atoms with Crippen molar-refractivity contribution < 1.29 is 10.2 Å². The quantitative estimate of drug-likeness (QED) is 0.809. The van der Waals surface area contributed by atoms with E-state index in [4.69, 9.17) is 0 Å². The zero-order chi connectivity index (χ0) is 13.8. The van der Waals surface area contributed by atoms with Crippen molar-refractivity contribution in [3.05, 3.63) is 23.4 Å². The van der Waals surface area contributed by atoms with E-state index in [1.807, 2.05) is 24.1 Å². The minimum atomic E-state index is -0.767. The Morgan fingerprint density at radius 3 is 2.50 bits per heavy atom. The van der Waals surface area contributed by atoms with Crippen LogP contribution in [0.25, 0.3) is 0 Å². The Bertz CT molecular complexity index is 386. The Morgan fingerprint density at radius 2 is 2.00 bits per heavy atom. The first-order valence-electron chi connectivity index (χ1n) is 6.40. The van der Waals surface area contributed by atoms with E-state index in [0.29, 0.717) is 6.54 Å². The fourth-order valence-corrected chi connectivity index (χ4v) is 1.97. The Kier molecular flexibility index (Phi) is 5.11. The van der Waals surface area contributed by atoms with E-state index < -0.39 is 5.60 Å². The summed E-state index contributed by atoms with van der Waals surface area (Å²) in [4.78, 5) is 6.47. The Morgan fingerprint density at radius 1 is 1.33 bits per heavy atom. The van der Waals surface area contributed by atoms with Crippen molar-refractivity contribution in [2.75, 3.05) is 18.5 Å². The molecule has 4 heteroatoms. The van der Waals surface area contributed by atoms with E-state index in [2.05, 4.69) is 11.9 Å². The third kappa shape index (κ3) is 4.63. The molecule has 1 aromatic heterocycles. The number of aliphatic hydroxyl groups excluding tert-OH is 1. The van der Waals surface area contributed by atoms with Gasteiger partial charge in [0.15, 0.2) is 0 Å². The molecule has 18 heavy (non-hydrogen) atoms. The molecule has 2 N–H and O–H groups in total. The topological polar surface area (TPSA) is 56.6 Å². The molecule has 0 aliphatic heterocycles. The molecule has 0 aliphatic rings. The number of nitrogens with zero attached hydrogens (tertiary/aromatic N) is 2. The van der Waals surface area contributed by atoms with Crippen LogP contribution in [0.15, 0.2) is 12.1 Å². The van der Waals surface area contributed by atoms with E-state index in [0.717, 1.165) is 29.9 Å². The highest BCUT2D eigenvalue weighted by molar-refractivity contribution is 5.42. The number of aryl methyl sites for hydroxylation is 1. The first-order valence-corrected chi connectivity index (χ1v) is 6.40. The maximum atomic E-state index is 9.83. The van der Waals surface area contributed by atoms with Crippen molar-refractivity contribution >= 4 is 5.82 Å². The van der Waals surface area contributed by atoms with E-state index in [1.54, 1.807) is 13.8 Å². The minimum absolute atomic E-state index is 0.0165. The highest BCUT2D eigenvalue weighted by atomic mass is 16.3. The largest absolute Gasteiger partial charge is 0.392 e. The van der Waals surface area contributed by atoms with Crippen LogP contribution < -0.4 is 4.90 Å². The van der Waals surface area contributed by atoms with Gasteiger partial charge in [0.1, 0.15) is 5.82 Å². The summed E-state index contributed by atoms with van der Waals surface area (Å²) in [7, 11) is 1.90. The summed E-state index contributed by atoms with van der Waals surface area (Å²) in [6.07, 6.45) is 1.92. The monoisotopic (exact) mass is 252 g/mol. The summed E-state index contributed by atoms with van der Waals surface area (Å²) in [5, 5.41) is 19.1. The van der Waals surface area contributed by atoms with Crippen molar-refractivity contribution in [3.63, 3.8) is 0 Å². The maximum Gasteiger partial charge on any atom is 0.128 e. The molecule has 0 saturated carbocycles. The molecule has 1 rings (SSSR count). The number of anilines is 1. The van der Waals surface area contributed by atoms with Gasteiger partial charge in [-0.1, -0.05) is 13.3 Å². The molecule has 0 aromatic carbocycles. The Labute approximate surface area is 109 Å². The van der Waals surface area contributed by atoms with Crippen LogP contribution in [0.1, 0.15) is 38.4 Å². The summed E-state index contributed by atoms with van der Waals surface area (Å²) < 4.78 is 0. The van der Waals surface area contributed by atoms with Gasteiger partial charge in [0.05, 0.1) is 12.2 Å². The lowest BCUT2D eigenvalue weighted by molar-refractivity contribution is 0.0884. The van der Waals surface area contributed by atoms with Gasteiger partial charge in [-0.25, -0.2) is 4.98 Å². The SMILES string of the molecule is CCCc1cc(CO)cc(N(C)CC(C)(C)O)n1. The number of aromatic nitrogens is 1. The van der Waals surface area contributed by atoms with E-state index in [1.165, 1.54) is 0 Å². The van der Waals surface area contributed by atoms with Crippen molar-refractivity contribution in [3.8, 4) is 0 Å². The third-order valence-corrected chi connectivity index (χ3v) is 2.63. The lowest BCUT2D eigenvalue weighted by Gasteiger charge is -2.27. The lowest BCUT2D eigenvalue weighted by atomic mass is 10.1. The van der Waals surface area contributed by atoms with Crippen molar-refractivity contribution in [1.82, 2.24) is 4.98 Å². The molecule has 102 valence electrons. The molecule has 0 spiro atoms. The van der Waals surface area contributed by atoms with Gasteiger partial charge in [-0.05, 0) is 38.0 Å². The van der Waals surface area contributed by atoms with Crippen LogP contribution in [-0.2, 0) is 13.0 Å². The Balaban J connectivity index is 2.96.